The number of rotatable bonds is 2. The maximum Gasteiger partial charge on any atom is 0.308 e. The van der Waals surface area contributed by atoms with Crippen LogP contribution in [-0.4, -0.2) is 15.4 Å². The maximum atomic E-state index is 4.10. The molecule has 0 saturated heterocycles. The fourth-order valence-electron chi connectivity index (χ4n) is 0.800. The normalized spacial score (nSPS) is 10.8. The Hall–Kier alpha value is -0.930. The highest BCUT2D eigenvalue weighted by Gasteiger charge is 2.09. The molecule has 0 aliphatic carbocycles. The summed E-state index contributed by atoms with van der Waals surface area (Å²) in [5.74, 6) is 1.51. The van der Waals surface area contributed by atoms with Crippen LogP contribution in [0.4, 0.5) is 0 Å². The first-order chi connectivity index (χ1) is 4.68. The molecule has 0 amide bonds. The third-order valence-corrected chi connectivity index (χ3v) is 1.18. The van der Waals surface area contributed by atoms with Crippen molar-refractivity contribution in [2.75, 3.05) is 0 Å². The monoisotopic (exact) mass is 141 g/mol. The fraction of sp³-hybridized carbons (Fsp3) is 0.833. The van der Waals surface area contributed by atoms with Crippen molar-refractivity contribution >= 4 is 0 Å². The molecule has 0 unspecified atom stereocenters. The van der Waals surface area contributed by atoms with E-state index in [4.69, 9.17) is 0 Å². The molecule has 1 aromatic heterocycles. The first kappa shape index (κ1) is 7.18. The predicted octanol–water partition coefficient (Wildman–Crippen LogP) is -0.172. The summed E-state index contributed by atoms with van der Waals surface area (Å²) < 4.78 is 0. The minimum absolute atomic E-state index is 0.621. The van der Waals surface area contributed by atoms with Gasteiger partial charge in [-0.1, -0.05) is 18.6 Å². The van der Waals surface area contributed by atoms with Gasteiger partial charge >= 0.3 is 5.82 Å². The Morgan fingerprint density at radius 2 is 2.30 bits per heavy atom. The van der Waals surface area contributed by atoms with Crippen LogP contribution in [0.3, 0.4) is 0 Å². The van der Waals surface area contributed by atoms with Gasteiger partial charge in [0.15, 0.2) is 0 Å². The molecule has 0 saturated carbocycles. The summed E-state index contributed by atoms with van der Waals surface area (Å²) in [5.41, 5.74) is 0. The second-order valence-electron chi connectivity index (χ2n) is 2.85. The Balaban J connectivity index is 2.58. The molecule has 0 fully saturated rings. The van der Waals surface area contributed by atoms with E-state index < -0.39 is 0 Å². The molecule has 56 valence electrons. The Kier molecular flexibility index (Phi) is 1.99. The highest BCUT2D eigenvalue weighted by atomic mass is 15.6. The Bertz CT molecular complexity index is 203. The lowest BCUT2D eigenvalue weighted by Gasteiger charge is -1.92. The van der Waals surface area contributed by atoms with Crippen molar-refractivity contribution in [3.05, 3.63) is 5.82 Å². The zero-order chi connectivity index (χ0) is 7.56. The molecule has 10 heavy (non-hydrogen) atoms. The third kappa shape index (κ3) is 1.79. The van der Waals surface area contributed by atoms with Crippen molar-refractivity contribution in [3.63, 3.8) is 0 Å². The molecule has 1 aromatic rings. The van der Waals surface area contributed by atoms with Gasteiger partial charge in [0.05, 0.1) is 5.10 Å². The summed E-state index contributed by atoms with van der Waals surface area (Å²) in [7, 11) is 1.83. The largest absolute Gasteiger partial charge is 0.308 e. The molecule has 4 nitrogen and oxygen atoms in total. The number of aromatic nitrogens is 4. The van der Waals surface area contributed by atoms with Gasteiger partial charge in [0, 0.05) is 6.42 Å². The number of hydrogen-bond donors (Lipinski definition) is 1. The summed E-state index contributed by atoms with van der Waals surface area (Å²) in [6.07, 6.45) is 0.942. The standard InChI is InChI=1S/C6H12N4/c1-5(2)4-6-7-9-10(3)8-6/h5H,4H2,1-3H3/p+1. The molecular formula is C6H13N4+. The summed E-state index contributed by atoms with van der Waals surface area (Å²) >= 11 is 0. The molecule has 1 rings (SSSR count). The molecule has 0 aliphatic rings. The number of nitrogens with zero attached hydrogens (tertiary/aromatic N) is 3. The minimum atomic E-state index is 0.621. The quantitative estimate of drug-likeness (QED) is 0.581. The third-order valence-electron chi connectivity index (χ3n) is 1.18. The van der Waals surface area contributed by atoms with Gasteiger partial charge in [-0.2, -0.15) is 0 Å². The molecule has 0 spiro atoms. The number of aryl methyl sites for hydroxylation is 1. The van der Waals surface area contributed by atoms with E-state index in [-0.39, 0.29) is 0 Å². The average molecular weight is 141 g/mol. The van der Waals surface area contributed by atoms with Gasteiger partial charge in [-0.05, 0) is 16.2 Å². The number of nitrogens with one attached hydrogen (secondary N) is 1. The lowest BCUT2D eigenvalue weighted by Crippen LogP contribution is -2.33. The lowest BCUT2D eigenvalue weighted by molar-refractivity contribution is -0.784. The number of hydrogen-bond acceptors (Lipinski definition) is 2. The van der Waals surface area contributed by atoms with Gasteiger partial charge in [-0.3, -0.25) is 0 Å². The summed E-state index contributed by atoms with van der Waals surface area (Å²) in [6.45, 7) is 4.30. The summed E-state index contributed by atoms with van der Waals surface area (Å²) in [5, 5.41) is 10.8. The minimum Gasteiger partial charge on any atom is -0.0652 e. The van der Waals surface area contributed by atoms with Crippen molar-refractivity contribution in [2.24, 2.45) is 13.0 Å². The van der Waals surface area contributed by atoms with Gasteiger partial charge in [0.2, 0.25) is 0 Å². The smallest absolute Gasteiger partial charge is 0.0652 e. The zero-order valence-electron chi connectivity index (χ0n) is 6.63. The topological polar surface area (TPSA) is 45.5 Å². The second-order valence-corrected chi connectivity index (χ2v) is 2.85. The van der Waals surface area contributed by atoms with E-state index in [1.165, 1.54) is 0 Å². The molecule has 0 bridgehead atoms. The highest BCUT2D eigenvalue weighted by molar-refractivity contribution is 4.75. The van der Waals surface area contributed by atoms with Crippen LogP contribution in [0.2, 0.25) is 0 Å². The average Bonchev–Trinajstić information content (AvgIpc) is 2.13. The van der Waals surface area contributed by atoms with Crippen molar-refractivity contribution < 1.29 is 4.80 Å². The summed E-state index contributed by atoms with van der Waals surface area (Å²) in [6, 6.07) is 0. The fourth-order valence-corrected chi connectivity index (χ4v) is 0.800. The first-order valence-electron chi connectivity index (χ1n) is 3.46. The molecule has 0 aromatic carbocycles. The Morgan fingerprint density at radius 1 is 1.60 bits per heavy atom. The van der Waals surface area contributed by atoms with E-state index >= 15 is 0 Å². The number of aromatic amines is 1. The van der Waals surface area contributed by atoms with E-state index in [0.29, 0.717) is 5.92 Å². The van der Waals surface area contributed by atoms with Crippen LogP contribution >= 0.6 is 0 Å². The van der Waals surface area contributed by atoms with Gasteiger partial charge in [-0.25, -0.2) is 0 Å². The van der Waals surface area contributed by atoms with Crippen molar-refractivity contribution in [1.29, 1.82) is 0 Å². The van der Waals surface area contributed by atoms with Crippen LogP contribution in [-0.2, 0) is 13.5 Å². The van der Waals surface area contributed by atoms with Crippen LogP contribution in [0.25, 0.3) is 0 Å². The second kappa shape index (κ2) is 2.77. The van der Waals surface area contributed by atoms with E-state index in [2.05, 4.69) is 29.3 Å². The van der Waals surface area contributed by atoms with Gasteiger partial charge < -0.3 is 0 Å². The van der Waals surface area contributed by atoms with Gasteiger partial charge in [-0.15, -0.1) is 0 Å². The van der Waals surface area contributed by atoms with Crippen LogP contribution in [0.5, 0.6) is 0 Å². The van der Waals surface area contributed by atoms with Crippen LogP contribution < -0.4 is 4.80 Å². The van der Waals surface area contributed by atoms with Crippen molar-refractivity contribution in [1.82, 2.24) is 15.4 Å². The van der Waals surface area contributed by atoms with E-state index in [0.717, 1.165) is 12.2 Å². The number of H-pyrrole nitrogens is 1. The van der Waals surface area contributed by atoms with E-state index in [1.54, 1.807) is 4.80 Å². The zero-order valence-corrected chi connectivity index (χ0v) is 6.63. The molecule has 0 atom stereocenters. The molecule has 0 radical (unpaired) electrons. The SMILES string of the molecule is CC(C)Cc1n[nH][n+](C)n1. The molecule has 0 aliphatic heterocycles. The molecule has 1 N–H and O–H groups in total. The molecule has 1 heterocycles. The lowest BCUT2D eigenvalue weighted by atomic mass is 10.1. The predicted molar refractivity (Wildman–Crippen MR) is 36.1 cm³/mol. The maximum absolute atomic E-state index is 4.10. The van der Waals surface area contributed by atoms with E-state index in [9.17, 15) is 0 Å². The Morgan fingerprint density at radius 3 is 2.70 bits per heavy atom. The van der Waals surface area contributed by atoms with Crippen LogP contribution in [0, 0.1) is 5.92 Å². The van der Waals surface area contributed by atoms with Crippen molar-refractivity contribution in [3.8, 4) is 0 Å². The summed E-state index contributed by atoms with van der Waals surface area (Å²) in [4.78, 5) is 1.61. The van der Waals surface area contributed by atoms with E-state index in [1.807, 2.05) is 7.05 Å². The highest BCUT2D eigenvalue weighted by Crippen LogP contribution is 1.98. The van der Waals surface area contributed by atoms with Gasteiger partial charge in [0.25, 0.3) is 0 Å². The Labute approximate surface area is 60.2 Å². The van der Waals surface area contributed by atoms with Gasteiger partial charge in [0.1, 0.15) is 7.05 Å². The van der Waals surface area contributed by atoms with Crippen LogP contribution in [0.1, 0.15) is 19.7 Å². The van der Waals surface area contributed by atoms with Crippen LogP contribution in [0.15, 0.2) is 0 Å². The van der Waals surface area contributed by atoms with Crippen molar-refractivity contribution in [2.45, 2.75) is 20.3 Å². The molecule has 4 heteroatoms. The molecular weight excluding hydrogens is 128 g/mol. The first-order valence-corrected chi connectivity index (χ1v) is 3.46. The number of tetrazole rings is 1.